The zero-order valence-electron chi connectivity index (χ0n) is 12.8. The Morgan fingerprint density at radius 2 is 1.91 bits per heavy atom. The van der Waals surface area contributed by atoms with Crippen molar-refractivity contribution >= 4 is 39.8 Å². The van der Waals surface area contributed by atoms with E-state index in [2.05, 4.69) is 21.2 Å². The number of carboxylic acid groups (broad SMARTS) is 1. The summed E-state index contributed by atoms with van der Waals surface area (Å²) in [5.74, 6) is -0.490. The summed E-state index contributed by atoms with van der Waals surface area (Å²) in [5.41, 5.74) is -0.653. The monoisotopic (exact) mass is 389 g/mol. The Morgan fingerprint density at radius 3 is 2.41 bits per heavy atom. The van der Waals surface area contributed by atoms with Crippen molar-refractivity contribution in [3.8, 4) is 0 Å². The SMILES string of the molecule is CC(C)(C)OC(=O)NC(CCSc1ccc(Br)cc1)C(=O)O. The standard InChI is InChI=1S/C15H20BrNO4S/c1-15(2,3)21-14(20)17-12(13(18)19)8-9-22-11-6-4-10(16)5-7-11/h4-7,12H,8-9H2,1-3H3,(H,17,20)(H,18,19). The molecule has 1 atom stereocenters. The number of carboxylic acids is 1. The number of rotatable bonds is 6. The largest absolute Gasteiger partial charge is 0.480 e. The topological polar surface area (TPSA) is 75.6 Å². The molecule has 1 amide bonds. The smallest absolute Gasteiger partial charge is 0.408 e. The Morgan fingerprint density at radius 1 is 1.32 bits per heavy atom. The molecule has 22 heavy (non-hydrogen) atoms. The minimum absolute atomic E-state index is 0.315. The predicted octanol–water partition coefficient (Wildman–Crippen LogP) is 3.91. The van der Waals surface area contributed by atoms with Crippen LogP contribution in [0, 0.1) is 0 Å². The van der Waals surface area contributed by atoms with Crippen LogP contribution in [-0.2, 0) is 9.53 Å². The molecule has 0 spiro atoms. The van der Waals surface area contributed by atoms with Gasteiger partial charge in [-0.15, -0.1) is 11.8 Å². The first-order valence-corrected chi connectivity index (χ1v) is 8.56. The molecule has 0 bridgehead atoms. The molecule has 0 aliphatic heterocycles. The number of hydrogen-bond acceptors (Lipinski definition) is 4. The molecule has 7 heteroatoms. The number of benzene rings is 1. The molecule has 0 fully saturated rings. The molecule has 0 radical (unpaired) electrons. The van der Waals surface area contributed by atoms with Gasteiger partial charge in [-0.25, -0.2) is 9.59 Å². The van der Waals surface area contributed by atoms with Gasteiger partial charge in [0.15, 0.2) is 0 Å². The van der Waals surface area contributed by atoms with Crippen molar-refractivity contribution in [2.75, 3.05) is 5.75 Å². The quantitative estimate of drug-likeness (QED) is 0.721. The fourth-order valence-corrected chi connectivity index (χ4v) is 2.71. The van der Waals surface area contributed by atoms with Gasteiger partial charge in [0.05, 0.1) is 0 Å². The average molecular weight is 390 g/mol. The lowest BCUT2D eigenvalue weighted by molar-refractivity contribution is -0.139. The lowest BCUT2D eigenvalue weighted by atomic mass is 10.2. The molecule has 0 aliphatic rings. The van der Waals surface area contributed by atoms with Crippen LogP contribution in [0.1, 0.15) is 27.2 Å². The van der Waals surface area contributed by atoms with Gasteiger partial charge in [0, 0.05) is 15.1 Å². The van der Waals surface area contributed by atoms with E-state index in [1.807, 2.05) is 24.3 Å². The Bertz CT molecular complexity index is 513. The van der Waals surface area contributed by atoms with E-state index in [1.165, 1.54) is 11.8 Å². The first-order valence-electron chi connectivity index (χ1n) is 6.78. The molecule has 1 aromatic carbocycles. The number of aliphatic carboxylic acids is 1. The highest BCUT2D eigenvalue weighted by Crippen LogP contribution is 2.21. The van der Waals surface area contributed by atoms with Crippen LogP contribution in [0.5, 0.6) is 0 Å². The second-order valence-electron chi connectivity index (χ2n) is 5.63. The lowest BCUT2D eigenvalue weighted by Gasteiger charge is -2.21. The van der Waals surface area contributed by atoms with Crippen LogP contribution < -0.4 is 5.32 Å². The second-order valence-corrected chi connectivity index (χ2v) is 7.71. The third-order valence-electron chi connectivity index (χ3n) is 2.48. The molecule has 1 unspecified atom stereocenters. The van der Waals surface area contributed by atoms with Crippen LogP contribution in [0.25, 0.3) is 0 Å². The highest BCUT2D eigenvalue weighted by Gasteiger charge is 2.23. The van der Waals surface area contributed by atoms with Crippen LogP contribution in [0.2, 0.25) is 0 Å². The van der Waals surface area contributed by atoms with E-state index in [9.17, 15) is 9.59 Å². The van der Waals surface area contributed by atoms with Crippen LogP contribution >= 0.6 is 27.7 Å². The van der Waals surface area contributed by atoms with E-state index < -0.39 is 23.7 Å². The van der Waals surface area contributed by atoms with Gasteiger partial charge < -0.3 is 15.2 Å². The van der Waals surface area contributed by atoms with E-state index in [1.54, 1.807) is 20.8 Å². The number of amides is 1. The first kappa shape index (κ1) is 18.8. The fourth-order valence-electron chi connectivity index (χ4n) is 1.53. The molecule has 1 rings (SSSR count). The summed E-state index contributed by atoms with van der Waals surface area (Å²) in [6, 6.07) is 6.79. The van der Waals surface area contributed by atoms with Crippen LogP contribution in [0.4, 0.5) is 4.79 Å². The van der Waals surface area contributed by atoms with Crippen LogP contribution in [0.3, 0.4) is 0 Å². The minimum Gasteiger partial charge on any atom is -0.480 e. The maximum Gasteiger partial charge on any atom is 0.408 e. The normalized spacial score (nSPS) is 12.5. The van der Waals surface area contributed by atoms with E-state index in [-0.39, 0.29) is 0 Å². The Hall–Kier alpha value is -1.21. The lowest BCUT2D eigenvalue weighted by Crippen LogP contribution is -2.43. The highest BCUT2D eigenvalue weighted by atomic mass is 79.9. The highest BCUT2D eigenvalue weighted by molar-refractivity contribution is 9.10. The van der Waals surface area contributed by atoms with Crippen molar-refractivity contribution in [1.82, 2.24) is 5.32 Å². The summed E-state index contributed by atoms with van der Waals surface area (Å²) in [4.78, 5) is 23.9. The van der Waals surface area contributed by atoms with E-state index in [0.717, 1.165) is 9.37 Å². The third-order valence-corrected chi connectivity index (χ3v) is 4.05. The molecular formula is C15H20BrNO4S. The number of carbonyl (C=O) groups is 2. The van der Waals surface area contributed by atoms with E-state index in [4.69, 9.17) is 9.84 Å². The van der Waals surface area contributed by atoms with E-state index >= 15 is 0 Å². The molecular weight excluding hydrogens is 370 g/mol. The summed E-state index contributed by atoms with van der Waals surface area (Å²) in [5, 5.41) is 11.6. The Kier molecular flexibility index (Phi) is 7.22. The summed E-state index contributed by atoms with van der Waals surface area (Å²) >= 11 is 4.90. The summed E-state index contributed by atoms with van der Waals surface area (Å²) < 4.78 is 6.06. The molecule has 0 heterocycles. The first-order chi connectivity index (χ1) is 10.2. The van der Waals surface area contributed by atoms with Gasteiger partial charge in [-0.1, -0.05) is 15.9 Å². The van der Waals surface area contributed by atoms with Gasteiger partial charge in [0.25, 0.3) is 0 Å². The number of alkyl carbamates (subject to hydrolysis) is 1. The molecule has 2 N–H and O–H groups in total. The number of halogens is 1. The molecule has 0 aliphatic carbocycles. The molecule has 0 saturated heterocycles. The second kappa shape index (κ2) is 8.43. The van der Waals surface area contributed by atoms with Crippen LogP contribution in [-0.4, -0.2) is 34.6 Å². The van der Waals surface area contributed by atoms with Gasteiger partial charge >= 0.3 is 12.1 Å². The summed E-state index contributed by atoms with van der Waals surface area (Å²) in [6.45, 7) is 5.18. The zero-order chi connectivity index (χ0) is 16.8. The van der Waals surface area contributed by atoms with Gasteiger partial charge in [-0.2, -0.15) is 0 Å². The van der Waals surface area contributed by atoms with Crippen LogP contribution in [0.15, 0.2) is 33.6 Å². The van der Waals surface area contributed by atoms with Crippen molar-refractivity contribution in [3.63, 3.8) is 0 Å². The maximum absolute atomic E-state index is 11.6. The number of carbonyl (C=O) groups excluding carboxylic acids is 1. The Labute approximate surface area is 142 Å². The fraction of sp³-hybridized carbons (Fsp3) is 0.467. The zero-order valence-corrected chi connectivity index (χ0v) is 15.2. The number of thioether (sulfide) groups is 1. The molecule has 5 nitrogen and oxygen atoms in total. The summed E-state index contributed by atoms with van der Waals surface area (Å²) in [6.07, 6.45) is -0.400. The Balaban J connectivity index is 2.46. The minimum atomic E-state index is -1.07. The molecule has 0 aromatic heterocycles. The molecule has 0 saturated carbocycles. The van der Waals surface area contributed by atoms with E-state index in [0.29, 0.717) is 12.2 Å². The predicted molar refractivity (Wildman–Crippen MR) is 90.3 cm³/mol. The number of hydrogen-bond donors (Lipinski definition) is 2. The number of ether oxygens (including phenoxy) is 1. The van der Waals surface area contributed by atoms with Gasteiger partial charge in [0.2, 0.25) is 0 Å². The van der Waals surface area contributed by atoms with Gasteiger partial charge in [0.1, 0.15) is 11.6 Å². The maximum atomic E-state index is 11.6. The van der Waals surface area contributed by atoms with Crippen molar-refractivity contribution in [2.24, 2.45) is 0 Å². The van der Waals surface area contributed by atoms with Gasteiger partial charge in [-0.3, -0.25) is 0 Å². The number of nitrogens with one attached hydrogen (secondary N) is 1. The third kappa shape index (κ3) is 7.70. The molecule has 1 aromatic rings. The van der Waals surface area contributed by atoms with Gasteiger partial charge in [-0.05, 0) is 51.5 Å². The van der Waals surface area contributed by atoms with Crippen molar-refractivity contribution in [3.05, 3.63) is 28.7 Å². The summed E-state index contributed by atoms with van der Waals surface area (Å²) in [7, 11) is 0. The molecule has 122 valence electrons. The van der Waals surface area contributed by atoms with Crippen molar-refractivity contribution in [1.29, 1.82) is 0 Å². The van der Waals surface area contributed by atoms with Crippen molar-refractivity contribution in [2.45, 2.75) is 43.7 Å². The van der Waals surface area contributed by atoms with Crippen molar-refractivity contribution < 1.29 is 19.4 Å². The average Bonchev–Trinajstić information content (AvgIpc) is 2.37.